The summed E-state index contributed by atoms with van der Waals surface area (Å²) in [4.78, 5) is 15.3. The molecule has 0 fully saturated rings. The van der Waals surface area contributed by atoms with E-state index in [1.165, 1.54) is 0 Å². The second kappa shape index (κ2) is 5.43. The van der Waals surface area contributed by atoms with Crippen molar-refractivity contribution >= 4 is 11.8 Å². The third-order valence-corrected chi connectivity index (χ3v) is 1.79. The van der Waals surface area contributed by atoms with E-state index < -0.39 is 11.7 Å². The topological polar surface area (TPSA) is 63.6 Å². The minimum absolute atomic E-state index is 0.526. The summed E-state index contributed by atoms with van der Waals surface area (Å²) in [6.07, 6.45) is 2.79. The number of nitrogens with one attached hydrogen (secondary N) is 1. The highest BCUT2D eigenvalue weighted by Crippen LogP contribution is 2.06. The van der Waals surface area contributed by atoms with E-state index in [0.717, 1.165) is 5.56 Å². The van der Waals surface area contributed by atoms with Crippen LogP contribution in [-0.4, -0.2) is 22.4 Å². The van der Waals surface area contributed by atoms with Gasteiger partial charge in [0, 0.05) is 18.0 Å². The van der Waals surface area contributed by atoms with Crippen molar-refractivity contribution in [2.24, 2.45) is 5.10 Å². The third-order valence-electron chi connectivity index (χ3n) is 1.79. The Hall–Kier alpha value is -1.91. The standard InChI is InChI=1S/C12H17N3O2/c1-9(10-6-5-7-13-8-10)14-15-11(16)17-12(2,3)4/h5-8H,1-4H3,(H,15,16). The van der Waals surface area contributed by atoms with E-state index in [0.29, 0.717) is 5.71 Å². The van der Waals surface area contributed by atoms with Gasteiger partial charge in [0.25, 0.3) is 0 Å². The lowest BCUT2D eigenvalue weighted by atomic mass is 10.2. The minimum Gasteiger partial charge on any atom is -0.443 e. The Bertz CT molecular complexity index is 408. The number of rotatable bonds is 2. The summed E-state index contributed by atoms with van der Waals surface area (Å²) in [7, 11) is 0. The number of ether oxygens (including phenoxy) is 1. The predicted octanol–water partition coefficient (Wildman–Crippen LogP) is 2.33. The second-order valence-electron chi connectivity index (χ2n) is 4.55. The summed E-state index contributed by atoms with van der Waals surface area (Å²) < 4.78 is 5.05. The van der Waals surface area contributed by atoms with E-state index in [4.69, 9.17) is 4.74 Å². The third kappa shape index (κ3) is 5.10. The van der Waals surface area contributed by atoms with Crippen molar-refractivity contribution in [3.8, 4) is 0 Å². The number of aromatic nitrogens is 1. The largest absolute Gasteiger partial charge is 0.443 e. The Morgan fingerprint density at radius 1 is 1.47 bits per heavy atom. The number of hydrogen-bond acceptors (Lipinski definition) is 4. The average molecular weight is 235 g/mol. The summed E-state index contributed by atoms with van der Waals surface area (Å²) in [6.45, 7) is 7.17. The lowest BCUT2D eigenvalue weighted by molar-refractivity contribution is 0.0529. The van der Waals surface area contributed by atoms with Crippen molar-refractivity contribution < 1.29 is 9.53 Å². The summed E-state index contributed by atoms with van der Waals surface area (Å²) in [5.74, 6) is 0. The summed E-state index contributed by atoms with van der Waals surface area (Å²) in [5.41, 5.74) is 3.33. The molecule has 0 atom stereocenters. The van der Waals surface area contributed by atoms with Crippen molar-refractivity contribution in [1.29, 1.82) is 0 Å². The highest BCUT2D eigenvalue weighted by Gasteiger charge is 2.15. The van der Waals surface area contributed by atoms with E-state index in [9.17, 15) is 4.79 Å². The molecule has 92 valence electrons. The number of pyridine rings is 1. The zero-order chi connectivity index (χ0) is 12.9. The van der Waals surface area contributed by atoms with E-state index in [2.05, 4.69) is 15.5 Å². The molecule has 0 aliphatic heterocycles. The zero-order valence-corrected chi connectivity index (χ0v) is 10.5. The maximum atomic E-state index is 11.3. The molecule has 0 bridgehead atoms. The molecule has 1 amide bonds. The number of amides is 1. The van der Waals surface area contributed by atoms with Crippen molar-refractivity contribution in [2.45, 2.75) is 33.3 Å². The molecule has 0 spiro atoms. The van der Waals surface area contributed by atoms with Crippen molar-refractivity contribution in [3.05, 3.63) is 30.1 Å². The average Bonchev–Trinajstić information content (AvgIpc) is 2.25. The Balaban J connectivity index is 2.57. The van der Waals surface area contributed by atoms with Crippen LogP contribution in [0.2, 0.25) is 0 Å². The molecular formula is C12H17N3O2. The van der Waals surface area contributed by atoms with Crippen LogP contribution in [0.25, 0.3) is 0 Å². The molecule has 1 aromatic rings. The molecule has 0 unspecified atom stereocenters. The van der Waals surface area contributed by atoms with Crippen molar-refractivity contribution in [1.82, 2.24) is 10.4 Å². The number of carbonyl (C=O) groups is 1. The van der Waals surface area contributed by atoms with Gasteiger partial charge in [0.1, 0.15) is 5.60 Å². The van der Waals surface area contributed by atoms with E-state index >= 15 is 0 Å². The number of nitrogens with zero attached hydrogens (tertiary/aromatic N) is 2. The van der Waals surface area contributed by atoms with Gasteiger partial charge in [-0.3, -0.25) is 4.98 Å². The van der Waals surface area contributed by atoms with Gasteiger partial charge >= 0.3 is 6.09 Å². The van der Waals surface area contributed by atoms with Gasteiger partial charge in [0.05, 0.1) is 5.71 Å². The first-order valence-corrected chi connectivity index (χ1v) is 5.32. The zero-order valence-electron chi connectivity index (χ0n) is 10.5. The summed E-state index contributed by atoms with van der Waals surface area (Å²) in [5, 5.41) is 3.93. The maximum Gasteiger partial charge on any atom is 0.428 e. The first kappa shape index (κ1) is 13.2. The molecule has 17 heavy (non-hydrogen) atoms. The molecule has 1 rings (SSSR count). The molecule has 1 N–H and O–H groups in total. The Morgan fingerprint density at radius 2 is 2.18 bits per heavy atom. The van der Waals surface area contributed by atoms with Crippen LogP contribution in [0.4, 0.5) is 4.79 Å². The lowest BCUT2D eigenvalue weighted by Crippen LogP contribution is -2.30. The van der Waals surface area contributed by atoms with Crippen LogP contribution in [0.5, 0.6) is 0 Å². The highest BCUT2D eigenvalue weighted by molar-refractivity contribution is 5.98. The van der Waals surface area contributed by atoms with Crippen LogP contribution in [0.3, 0.4) is 0 Å². The van der Waals surface area contributed by atoms with Gasteiger partial charge in [-0.05, 0) is 33.8 Å². The minimum atomic E-state index is -0.569. The van der Waals surface area contributed by atoms with Gasteiger partial charge in [-0.15, -0.1) is 0 Å². The molecule has 1 heterocycles. The molecule has 1 aromatic heterocycles. The van der Waals surface area contributed by atoms with Gasteiger partial charge in [0.2, 0.25) is 0 Å². The lowest BCUT2D eigenvalue weighted by Gasteiger charge is -2.18. The first-order valence-electron chi connectivity index (χ1n) is 5.32. The predicted molar refractivity (Wildman–Crippen MR) is 65.8 cm³/mol. The van der Waals surface area contributed by atoms with Gasteiger partial charge in [-0.1, -0.05) is 6.07 Å². The molecule has 0 radical (unpaired) electrons. The van der Waals surface area contributed by atoms with Gasteiger partial charge < -0.3 is 4.74 Å². The normalized spacial score (nSPS) is 12.1. The van der Waals surface area contributed by atoms with Crippen molar-refractivity contribution in [3.63, 3.8) is 0 Å². The molecule has 0 aliphatic carbocycles. The summed E-state index contributed by atoms with van der Waals surface area (Å²) >= 11 is 0. The first-order chi connectivity index (χ1) is 7.88. The van der Waals surface area contributed by atoms with Crippen LogP contribution in [0, 0.1) is 0 Å². The molecule has 0 aromatic carbocycles. The Kier molecular flexibility index (Phi) is 4.20. The van der Waals surface area contributed by atoms with Gasteiger partial charge in [0.15, 0.2) is 0 Å². The SMILES string of the molecule is CC(=NNC(=O)OC(C)(C)C)c1cccnc1. The van der Waals surface area contributed by atoms with Gasteiger partial charge in [-0.25, -0.2) is 10.2 Å². The van der Waals surface area contributed by atoms with Crippen LogP contribution in [-0.2, 0) is 4.74 Å². The second-order valence-corrected chi connectivity index (χ2v) is 4.55. The molecule has 0 saturated heterocycles. The Morgan fingerprint density at radius 3 is 2.71 bits per heavy atom. The van der Waals surface area contributed by atoms with Crippen LogP contribution < -0.4 is 5.43 Å². The van der Waals surface area contributed by atoms with E-state index in [-0.39, 0.29) is 0 Å². The van der Waals surface area contributed by atoms with Crippen molar-refractivity contribution in [2.75, 3.05) is 0 Å². The molecular weight excluding hydrogens is 218 g/mol. The van der Waals surface area contributed by atoms with Crippen LogP contribution >= 0.6 is 0 Å². The van der Waals surface area contributed by atoms with E-state index in [1.54, 1.807) is 40.1 Å². The molecule has 0 saturated carbocycles. The highest BCUT2D eigenvalue weighted by atomic mass is 16.6. The van der Waals surface area contributed by atoms with Gasteiger partial charge in [-0.2, -0.15) is 5.10 Å². The number of hydrogen-bond donors (Lipinski definition) is 1. The summed E-state index contributed by atoms with van der Waals surface area (Å²) in [6, 6.07) is 3.67. The molecule has 5 nitrogen and oxygen atoms in total. The number of carbonyl (C=O) groups excluding carboxylic acids is 1. The molecule has 5 heteroatoms. The quantitative estimate of drug-likeness (QED) is 0.632. The smallest absolute Gasteiger partial charge is 0.428 e. The fourth-order valence-electron chi connectivity index (χ4n) is 1.07. The van der Waals surface area contributed by atoms with E-state index in [1.807, 2.05) is 12.1 Å². The fourth-order valence-corrected chi connectivity index (χ4v) is 1.07. The molecule has 0 aliphatic rings. The maximum absolute atomic E-state index is 11.3. The van der Waals surface area contributed by atoms with Crippen LogP contribution in [0.15, 0.2) is 29.6 Å². The van der Waals surface area contributed by atoms with Crippen LogP contribution in [0.1, 0.15) is 33.3 Å². The Labute approximate surface area is 101 Å². The fraction of sp³-hybridized carbons (Fsp3) is 0.417. The monoisotopic (exact) mass is 235 g/mol. The number of hydrazone groups is 1.